The van der Waals surface area contributed by atoms with Crippen molar-refractivity contribution in [3.05, 3.63) is 180 Å². The van der Waals surface area contributed by atoms with E-state index in [4.69, 9.17) is 21.6 Å². The van der Waals surface area contributed by atoms with E-state index in [1.165, 1.54) is 37.1 Å². The monoisotopic (exact) mass is 1870 g/mol. The lowest BCUT2D eigenvalue weighted by atomic mass is 9.98. The minimum absolute atomic E-state index is 0.0114. The number of ketones is 1. The van der Waals surface area contributed by atoms with Gasteiger partial charge in [0.25, 0.3) is 5.91 Å². The maximum atomic E-state index is 15.5. The van der Waals surface area contributed by atoms with E-state index >= 15 is 28.8 Å². The number of benzene rings is 4. The van der Waals surface area contributed by atoms with Crippen molar-refractivity contribution in [1.29, 1.82) is 5.41 Å². The Bertz CT molecular complexity index is 5390. The number of guanidine groups is 1. The van der Waals surface area contributed by atoms with Gasteiger partial charge in [-0.1, -0.05) is 91.0 Å². The van der Waals surface area contributed by atoms with Gasteiger partial charge in [-0.05, 0) is 54.5 Å². The highest BCUT2D eigenvalue weighted by Gasteiger charge is 2.41. The number of H-pyrrole nitrogens is 4. The number of carbonyl (C=O) groups is 16. The van der Waals surface area contributed by atoms with E-state index in [-0.39, 0.29) is 148 Å². The average Bonchev–Trinajstić information content (AvgIpc) is 1.68. The molecule has 6 heterocycles. The van der Waals surface area contributed by atoms with Gasteiger partial charge in [0, 0.05) is 180 Å². The van der Waals surface area contributed by atoms with Crippen LogP contribution in [-0.4, -0.2) is 360 Å². The lowest BCUT2D eigenvalue weighted by Crippen LogP contribution is -2.61. The van der Waals surface area contributed by atoms with Gasteiger partial charge >= 0.3 is 23.9 Å². The molecule has 2 aliphatic rings. The van der Waals surface area contributed by atoms with E-state index in [2.05, 4.69) is 83.2 Å². The molecule has 0 bridgehead atoms. The Kier molecular flexibility index (Phi) is 38.6. The number of rotatable bonds is 47. The Morgan fingerprint density at radius 2 is 0.956 bits per heavy atom. The van der Waals surface area contributed by atoms with Gasteiger partial charge in [-0.15, -0.1) is 0 Å². The molecule has 0 saturated carbocycles. The zero-order valence-electron chi connectivity index (χ0n) is 74.2. The number of carbonyl (C=O) groups excluding carboxylic acids is 13. The average molecular weight is 1870 g/mol. The van der Waals surface area contributed by atoms with Gasteiger partial charge in [0.1, 0.15) is 48.3 Å². The highest BCUT2D eigenvalue weighted by atomic mass is 16.5. The molecule has 4 aromatic carbocycles. The number of ether oxygens (including phenoxy) is 1. The first-order valence-corrected chi connectivity index (χ1v) is 43.6. The van der Waals surface area contributed by atoms with E-state index in [1.54, 1.807) is 135 Å². The molecule has 0 aliphatic carbocycles. The fourth-order valence-electron chi connectivity index (χ4n) is 15.7. The van der Waals surface area contributed by atoms with Crippen molar-refractivity contribution in [2.24, 2.45) is 11.5 Å². The summed E-state index contributed by atoms with van der Waals surface area (Å²) in [5.41, 5.74) is 19.1. The number of nitrogens with zero attached hydrogens (tertiary/aromatic N) is 8. The van der Waals surface area contributed by atoms with Crippen LogP contribution in [-0.2, 0) is 104 Å². The van der Waals surface area contributed by atoms with Gasteiger partial charge < -0.3 is 114 Å². The summed E-state index contributed by atoms with van der Waals surface area (Å²) in [7, 11) is 1.34. The smallest absolute Gasteiger partial charge is 0.330 e. The molecule has 8 atom stereocenters. The van der Waals surface area contributed by atoms with Crippen LogP contribution in [0.15, 0.2) is 141 Å². The molecule has 13 amide bonds. The zero-order chi connectivity index (χ0) is 97.0. The Morgan fingerprint density at radius 3 is 1.44 bits per heavy atom. The number of carboxylic acid groups (broad SMARTS) is 3. The van der Waals surface area contributed by atoms with Crippen molar-refractivity contribution >= 4 is 122 Å². The van der Waals surface area contributed by atoms with Gasteiger partial charge in [-0.3, -0.25) is 102 Å². The van der Waals surface area contributed by atoms with Gasteiger partial charge in [0.15, 0.2) is 11.7 Å². The number of aliphatic carboxylic acids is 3. The van der Waals surface area contributed by atoms with Crippen LogP contribution >= 0.6 is 0 Å². The van der Waals surface area contributed by atoms with Gasteiger partial charge in [0.2, 0.25) is 59.1 Å². The number of fused-ring (bicyclic) bond motifs is 2. The number of nitrogens with two attached hydrogens (primary N) is 2. The highest BCUT2D eigenvalue weighted by Crippen LogP contribution is 2.25. The molecule has 0 unspecified atom stereocenters. The number of aromatic nitrogens is 6. The topological polar surface area (TPSA) is 680 Å². The van der Waals surface area contributed by atoms with Crippen LogP contribution in [0, 0.1) is 5.41 Å². The zero-order valence-corrected chi connectivity index (χ0v) is 74.2. The molecular weight excluding hydrogens is 1760 g/mol. The summed E-state index contributed by atoms with van der Waals surface area (Å²) in [6, 6.07) is 15.0. The number of hydrogen-bond acceptors (Lipinski definition) is 25. The number of primary amides is 1. The lowest BCUT2D eigenvalue weighted by Gasteiger charge is -2.32. The molecule has 10 rings (SSSR count). The first kappa shape index (κ1) is 102. The summed E-state index contributed by atoms with van der Waals surface area (Å²) in [5.74, 6) is -14.3. The second-order valence-electron chi connectivity index (χ2n) is 32.5. The third-order valence-electron chi connectivity index (χ3n) is 22.7. The molecule has 135 heavy (non-hydrogen) atoms. The van der Waals surface area contributed by atoms with Crippen LogP contribution < -0.4 is 70.2 Å². The minimum atomic E-state index is -1.93. The summed E-state index contributed by atoms with van der Waals surface area (Å²) in [6.45, 7) is -3.53. The third-order valence-corrected chi connectivity index (χ3v) is 22.7. The number of urea groups is 1. The number of amides is 13. The molecule has 47 nitrogen and oxygen atoms in total. The van der Waals surface area contributed by atoms with Crippen molar-refractivity contribution in [1.82, 2.24) is 118 Å². The predicted molar refractivity (Wildman–Crippen MR) is 484 cm³/mol. The van der Waals surface area contributed by atoms with Crippen molar-refractivity contribution in [2.45, 2.75) is 106 Å². The maximum Gasteiger partial charge on any atom is 0.330 e. The standard InChI is InChI=1S/C88H114N26O21/c1-135-34-33-113(74(118)44-97-72(116)45-109-25-27-110(47-75(119)120)29-31-112(49-77(123)124)32-30-111(28-26-109)48-76(121)122)46-73(117)100-67(38-58-42-92-51-98-58)82(129)103-66(37-57-41-96-63-16-8-6-14-61(57)63)81(128)106-70(50-115)84(131)104-68(39-59-43-93-52-99-59)83(130)101-64(17-9-23-94-87(89)90)79(126)102-65(36-56-40-95-62-15-7-5-13-60(56)62)80(127)105-69(86(133)114-24-10-18-71(114)85(132)107-108-88(91)134)35-53-19-21-55(22-20-53)78(125)54-11-3-2-4-12-54/h2-8,11-16,19-22,40-43,51-52,64-71,95-96,115H,9-10,17-18,23-39,44-50H2,1H3,(H,92,98)(H,93,99)(H,97,116)(H,100,117)(H,101,130)(H,102,126)(H,103,129)(H,104,131)(H,105,127)(H,106,128)(H,107,132)(H,119,120)(H,121,122)(H,123,124)(H4,89,90,94)(H3,91,108,134)/t64-,65+,66+,67+,68+,69+,70+,71+/m1/s1. The fourth-order valence-corrected chi connectivity index (χ4v) is 15.7. The van der Waals surface area contributed by atoms with Crippen LogP contribution in [0.3, 0.4) is 0 Å². The number of nitrogens with one attached hydrogen (secondary N) is 16. The van der Waals surface area contributed by atoms with Gasteiger partial charge in [-0.25, -0.2) is 20.2 Å². The molecular formula is C88H114N26O21. The molecule has 0 spiro atoms. The maximum absolute atomic E-state index is 15.5. The Hall–Kier alpha value is -15.1. The number of likely N-dealkylation sites (tertiary alicyclic amines) is 1. The molecule has 4 aromatic heterocycles. The lowest BCUT2D eigenvalue weighted by molar-refractivity contribution is -0.142. The normalized spacial score (nSPS) is 15.6. The molecule has 2 fully saturated rings. The van der Waals surface area contributed by atoms with E-state index in [9.17, 15) is 68.4 Å². The Morgan fingerprint density at radius 1 is 0.504 bits per heavy atom. The quantitative estimate of drug-likeness (QED) is 0.00560. The van der Waals surface area contributed by atoms with Crippen LogP contribution in [0.1, 0.15) is 69.7 Å². The van der Waals surface area contributed by atoms with Crippen molar-refractivity contribution in [2.75, 3.05) is 132 Å². The first-order chi connectivity index (χ1) is 64.9. The van der Waals surface area contributed by atoms with Crippen LogP contribution in [0.25, 0.3) is 21.8 Å². The van der Waals surface area contributed by atoms with Crippen LogP contribution in [0.4, 0.5) is 4.79 Å². The van der Waals surface area contributed by atoms with E-state index in [0.717, 1.165) is 4.90 Å². The van der Waals surface area contributed by atoms with Crippen molar-refractivity contribution in [3.8, 4) is 0 Å². The SMILES string of the molecule is COCCN(CC(=O)N[C@@H](Cc1cnc[nH]1)C(=O)N[C@@H](Cc1c[nH]c2ccccc12)C(=O)N[C@@H](CO)C(=O)N[C@@H](Cc1cnc[nH]1)C(=O)N[C@H](CCCNC(=N)N)C(=O)N[C@@H](Cc1c[nH]c2ccccc12)C(=O)N[C@@H](Cc1ccc(C(=O)c2ccccc2)cc1)C(=O)N1CCC[C@H]1C(=O)NNC(N)=O)C(=O)CNC(=O)CN1CCN(CC(=O)O)CCN(CC(=O)O)CCN(CC(=O)O)CC1. The van der Waals surface area contributed by atoms with Gasteiger partial charge in [-0.2, -0.15) is 0 Å². The van der Waals surface area contributed by atoms with Gasteiger partial charge in [0.05, 0.1) is 65.1 Å². The van der Waals surface area contributed by atoms with Crippen LogP contribution in [0.5, 0.6) is 0 Å². The van der Waals surface area contributed by atoms with Crippen molar-refractivity contribution in [3.63, 3.8) is 0 Å². The fraction of sp³-hybridized carbons (Fsp3) is 0.420. The van der Waals surface area contributed by atoms with E-state index < -0.39 is 182 Å². The van der Waals surface area contributed by atoms with Crippen molar-refractivity contribution < 1.29 is 102 Å². The largest absolute Gasteiger partial charge is 0.480 e. The number of aliphatic hydroxyl groups excluding tert-OH is 1. The molecule has 722 valence electrons. The summed E-state index contributed by atoms with van der Waals surface area (Å²) in [4.78, 5) is 252. The Balaban J connectivity index is 0.864. The second-order valence-corrected chi connectivity index (χ2v) is 32.5. The molecule has 47 heteroatoms. The number of aliphatic hydroxyl groups is 1. The highest BCUT2D eigenvalue weighted by molar-refractivity contribution is 6.09. The molecule has 8 aromatic rings. The number of carboxylic acids is 3. The van der Waals surface area contributed by atoms with E-state index in [1.807, 2.05) is 5.43 Å². The number of aromatic amines is 4. The number of para-hydroxylation sites is 2. The third kappa shape index (κ3) is 31.9. The molecule has 24 N–H and O–H groups in total. The molecule has 0 radical (unpaired) electrons. The first-order valence-electron chi connectivity index (χ1n) is 43.6. The summed E-state index contributed by atoms with van der Waals surface area (Å²) in [5, 5.41) is 73.3. The molecule has 2 aliphatic heterocycles. The number of hydrogen-bond donors (Lipinski definition) is 22. The molecule has 2 saturated heterocycles. The number of imidazole rings is 2. The van der Waals surface area contributed by atoms with Crippen LogP contribution in [0.2, 0.25) is 0 Å². The Labute approximate surface area is 773 Å². The summed E-state index contributed by atoms with van der Waals surface area (Å²) >= 11 is 0. The summed E-state index contributed by atoms with van der Waals surface area (Å²) < 4.78 is 5.27. The predicted octanol–water partition coefficient (Wildman–Crippen LogP) is -4.75. The second kappa shape index (κ2) is 51.1. The van der Waals surface area contributed by atoms with E-state index in [0.29, 0.717) is 61.7 Å². The number of hydrazine groups is 1. The summed E-state index contributed by atoms with van der Waals surface area (Å²) in [6.07, 6.45) is 7.21. The minimum Gasteiger partial charge on any atom is -0.480 e. The number of methoxy groups -OCH3 is 1.